The summed E-state index contributed by atoms with van der Waals surface area (Å²) in [5.41, 5.74) is 21.4. The smallest absolute Gasteiger partial charge is 0.128 e. The predicted molar refractivity (Wildman–Crippen MR) is 406 cm³/mol. The van der Waals surface area contributed by atoms with Crippen molar-refractivity contribution >= 4 is 51.8 Å². The Morgan fingerprint density at radius 3 is 1.14 bits per heavy atom. The summed E-state index contributed by atoms with van der Waals surface area (Å²) in [5.74, 6) is 2.30. The van der Waals surface area contributed by atoms with E-state index in [1.54, 1.807) is 26.0 Å². The molecule has 0 radical (unpaired) electrons. The fourth-order valence-electron chi connectivity index (χ4n) is 14.8. The van der Waals surface area contributed by atoms with Crippen molar-refractivity contribution in [2.24, 2.45) is 0 Å². The average molecular weight is 1290 g/mol. The van der Waals surface area contributed by atoms with Gasteiger partial charge in [0.2, 0.25) is 0 Å². The molecule has 6 heteroatoms. The summed E-state index contributed by atoms with van der Waals surface area (Å²) in [7, 11) is 0. The number of hydrogen-bond donors (Lipinski definition) is 0. The topological polar surface area (TPSA) is 24.9 Å². The number of halogens is 2. The lowest BCUT2D eigenvalue weighted by Gasteiger charge is -2.36. The van der Waals surface area contributed by atoms with Crippen molar-refractivity contribution in [3.05, 3.63) is 425 Å². The quantitative estimate of drug-likeness (QED) is 0.0806. The summed E-state index contributed by atoms with van der Waals surface area (Å²) in [5, 5.41) is 0. The minimum absolute atomic E-state index is 0.294. The molecule has 2 aliphatic rings. The number of benzene rings is 13. The van der Waals surface area contributed by atoms with E-state index in [-0.39, 0.29) is 11.6 Å². The molecule has 0 heterocycles. The van der Waals surface area contributed by atoms with Gasteiger partial charge in [0.05, 0.1) is 10.8 Å². The number of fused-ring (bicyclic) bond motifs is 4. The molecule has 0 amide bonds. The van der Waals surface area contributed by atoms with Gasteiger partial charge in [-0.05, 0) is 242 Å². The van der Waals surface area contributed by atoms with Gasteiger partial charge < -0.3 is 19.3 Å². The Morgan fingerprint density at radius 2 is 0.697 bits per heavy atom. The highest BCUT2D eigenvalue weighted by Gasteiger charge is 2.48. The molecule has 0 aliphatic heterocycles. The highest BCUT2D eigenvalue weighted by Crippen LogP contribution is 2.59. The van der Waals surface area contributed by atoms with Crippen LogP contribution in [0.5, 0.6) is 23.0 Å². The van der Waals surface area contributed by atoms with Crippen LogP contribution in [-0.4, -0.2) is 0 Å². The largest absolute Gasteiger partial charge is 0.457 e. The Bertz CT molecular complexity index is 5270. The van der Waals surface area contributed by atoms with Crippen LogP contribution in [0.25, 0.3) is 40.0 Å². The highest BCUT2D eigenvalue weighted by atomic mass is 19.1. The fraction of sp³-hybridized carbons (Fsp3) is 0.0538. The highest BCUT2D eigenvalue weighted by molar-refractivity contribution is 5.94. The molecular weight excluding hydrogens is 1220 g/mol. The molecule has 0 fully saturated rings. The van der Waals surface area contributed by atoms with Gasteiger partial charge in [0.15, 0.2) is 0 Å². The van der Waals surface area contributed by atoms with Crippen LogP contribution in [0.2, 0.25) is 0 Å². The second-order valence-corrected chi connectivity index (χ2v) is 25.2. The summed E-state index contributed by atoms with van der Waals surface area (Å²) in [6, 6.07) is 104. The molecule has 0 N–H and O–H groups in total. The standard InChI is InChI=1S/C93H70F2N2O2/c1-7-19-86-82(10-4)84-56-46-74(58-88(84)92(86,68-20-13-11-14-21-68)70-36-52-80(53-37-70)98-78-48-28-64(8-2)29-49-78)96(76-40-26-62(5)90(94)60-76)72-42-32-66(33-43-72)67-34-44-73(45-35-67)97(77-41-27-63(6)91(95)61-77)75-47-57-85-83-24-17-18-25-87(83)93(89(85)59-75,69-22-15-12-16-23-69)71-38-54-81(55-39-71)99-79-50-30-65(9-3)31-51-79/h7-61H,2-4H2,1,5-6H3/b19-7-. The first-order valence-electron chi connectivity index (χ1n) is 33.4. The minimum atomic E-state index is -0.807. The summed E-state index contributed by atoms with van der Waals surface area (Å²) < 4.78 is 45.0. The van der Waals surface area contributed by atoms with Crippen LogP contribution in [0.1, 0.15) is 73.7 Å². The van der Waals surface area contributed by atoms with Gasteiger partial charge in [-0.2, -0.15) is 0 Å². The normalized spacial score (nSPS) is 15.0. The van der Waals surface area contributed by atoms with Crippen LogP contribution in [-0.2, 0) is 10.8 Å². The van der Waals surface area contributed by atoms with E-state index in [1.807, 2.05) is 109 Å². The lowest BCUT2D eigenvalue weighted by molar-refractivity contribution is 0.482. The SMILES string of the molecule is C=CC1=C(/C=C\C)C(c2ccccc2)(c2ccc(Oc3ccc(C=C)cc3)cc2)c2cc(N(c3ccc(-c4ccc(N(c5ccc(C)c(F)c5)c5ccc6c(c5)C(c5ccccc5)(c5ccc(Oc7ccc(C=C)cc7)cc5)c5ccccc5-6)cc4)cc3)c3ccc(C)c(F)c3)ccc21. The monoisotopic (exact) mass is 1280 g/mol. The fourth-order valence-corrected chi connectivity index (χ4v) is 14.8. The van der Waals surface area contributed by atoms with E-state index in [4.69, 9.17) is 9.47 Å². The Morgan fingerprint density at radius 1 is 0.333 bits per heavy atom. The minimum Gasteiger partial charge on any atom is -0.457 e. The van der Waals surface area contributed by atoms with Gasteiger partial charge in [-0.25, -0.2) is 8.78 Å². The molecule has 0 bridgehead atoms. The Balaban J connectivity index is 0.806. The van der Waals surface area contributed by atoms with Crippen LogP contribution in [0.4, 0.5) is 42.9 Å². The number of allylic oxidation sites excluding steroid dienone is 5. The van der Waals surface area contributed by atoms with E-state index in [1.165, 1.54) is 5.56 Å². The molecule has 13 aromatic rings. The maximum absolute atomic E-state index is 16.1. The molecule has 0 saturated heterocycles. The van der Waals surface area contributed by atoms with Gasteiger partial charge in [0.25, 0.3) is 0 Å². The molecule has 99 heavy (non-hydrogen) atoms. The molecule has 15 rings (SSSR count). The Kier molecular flexibility index (Phi) is 16.7. The third-order valence-corrected chi connectivity index (χ3v) is 19.6. The molecule has 0 spiro atoms. The van der Waals surface area contributed by atoms with E-state index in [0.29, 0.717) is 28.3 Å². The van der Waals surface area contributed by atoms with Crippen LogP contribution >= 0.6 is 0 Å². The zero-order valence-electron chi connectivity index (χ0n) is 55.3. The van der Waals surface area contributed by atoms with Crippen molar-refractivity contribution in [3.8, 4) is 45.3 Å². The summed E-state index contributed by atoms with van der Waals surface area (Å²) in [6.45, 7) is 17.9. The summed E-state index contributed by atoms with van der Waals surface area (Å²) in [4.78, 5) is 4.28. The predicted octanol–water partition coefficient (Wildman–Crippen LogP) is 25.3. The number of anilines is 6. The van der Waals surface area contributed by atoms with Gasteiger partial charge in [-0.3, -0.25) is 0 Å². The Hall–Kier alpha value is -12.4. The molecule has 478 valence electrons. The van der Waals surface area contributed by atoms with E-state index in [0.717, 1.165) is 123 Å². The number of hydrogen-bond acceptors (Lipinski definition) is 4. The molecule has 0 aromatic heterocycles. The van der Waals surface area contributed by atoms with Crippen LogP contribution in [0.15, 0.2) is 347 Å². The maximum Gasteiger partial charge on any atom is 0.128 e. The zero-order valence-corrected chi connectivity index (χ0v) is 55.3. The third kappa shape index (κ3) is 11.2. The van der Waals surface area contributed by atoms with Gasteiger partial charge in [0, 0.05) is 34.1 Å². The number of nitrogens with zero attached hydrogens (tertiary/aromatic N) is 2. The first-order chi connectivity index (χ1) is 48.5. The number of ether oxygens (including phenoxy) is 2. The van der Waals surface area contributed by atoms with Crippen LogP contribution in [0, 0.1) is 25.5 Å². The summed E-state index contributed by atoms with van der Waals surface area (Å²) >= 11 is 0. The van der Waals surface area contributed by atoms with Crippen LogP contribution in [0.3, 0.4) is 0 Å². The van der Waals surface area contributed by atoms with Gasteiger partial charge in [-0.15, -0.1) is 0 Å². The number of aryl methyl sites for hydroxylation is 2. The van der Waals surface area contributed by atoms with Gasteiger partial charge >= 0.3 is 0 Å². The first kappa shape index (κ1) is 62.7. The second kappa shape index (κ2) is 26.3. The molecule has 2 atom stereocenters. The lowest BCUT2D eigenvalue weighted by atomic mass is 9.66. The van der Waals surface area contributed by atoms with Crippen molar-refractivity contribution in [2.75, 3.05) is 9.80 Å². The number of rotatable bonds is 19. The molecule has 2 aliphatic carbocycles. The van der Waals surface area contributed by atoms with E-state index < -0.39 is 10.8 Å². The van der Waals surface area contributed by atoms with E-state index in [9.17, 15) is 0 Å². The molecule has 4 nitrogen and oxygen atoms in total. The maximum atomic E-state index is 16.1. The van der Waals surface area contributed by atoms with Crippen molar-refractivity contribution < 1.29 is 18.3 Å². The van der Waals surface area contributed by atoms with E-state index >= 15 is 8.78 Å². The van der Waals surface area contributed by atoms with Gasteiger partial charge in [0.1, 0.15) is 34.6 Å². The molecule has 0 saturated carbocycles. The van der Waals surface area contributed by atoms with Crippen molar-refractivity contribution in [1.82, 2.24) is 0 Å². The lowest BCUT2D eigenvalue weighted by Crippen LogP contribution is -2.29. The second-order valence-electron chi connectivity index (χ2n) is 25.2. The third-order valence-electron chi connectivity index (χ3n) is 19.6. The first-order valence-corrected chi connectivity index (χ1v) is 33.4. The van der Waals surface area contributed by atoms with Crippen molar-refractivity contribution in [2.45, 2.75) is 31.6 Å². The average Bonchev–Trinajstić information content (AvgIpc) is 1.57. The molecular formula is C93H70F2N2O2. The molecule has 2 unspecified atom stereocenters. The van der Waals surface area contributed by atoms with E-state index in [2.05, 4.69) is 249 Å². The van der Waals surface area contributed by atoms with Gasteiger partial charge in [-0.1, -0.05) is 232 Å². The van der Waals surface area contributed by atoms with Crippen LogP contribution < -0.4 is 19.3 Å². The molecule has 13 aromatic carbocycles. The Labute approximate surface area is 578 Å². The summed E-state index contributed by atoms with van der Waals surface area (Å²) in [6.07, 6.45) is 9.91. The van der Waals surface area contributed by atoms with Crippen molar-refractivity contribution in [1.29, 1.82) is 0 Å². The zero-order chi connectivity index (χ0) is 67.8. The van der Waals surface area contributed by atoms with Crippen molar-refractivity contribution in [3.63, 3.8) is 0 Å².